The summed E-state index contributed by atoms with van der Waals surface area (Å²) in [6, 6.07) is 8.94. The summed E-state index contributed by atoms with van der Waals surface area (Å²) < 4.78 is 10.2. The first-order chi connectivity index (χ1) is 12.6. The number of carbonyl (C=O) groups is 2. The molecular weight excluding hydrogens is 334 g/mol. The van der Waals surface area contributed by atoms with Crippen molar-refractivity contribution >= 4 is 17.6 Å². The highest BCUT2D eigenvalue weighted by atomic mass is 16.5. The van der Waals surface area contributed by atoms with Gasteiger partial charge in [0.05, 0.1) is 25.3 Å². The van der Waals surface area contributed by atoms with Gasteiger partial charge < -0.3 is 19.7 Å². The van der Waals surface area contributed by atoms with E-state index in [0.29, 0.717) is 44.0 Å². The molecule has 1 saturated heterocycles. The van der Waals surface area contributed by atoms with Crippen molar-refractivity contribution in [1.29, 1.82) is 5.26 Å². The maximum atomic E-state index is 12.4. The average Bonchev–Trinajstić information content (AvgIpc) is 2.67. The number of esters is 1. The molecule has 7 nitrogen and oxygen atoms in total. The molecule has 0 aromatic heterocycles. The minimum absolute atomic E-state index is 0.00508. The maximum Gasteiger partial charge on any atom is 0.309 e. The predicted molar refractivity (Wildman–Crippen MR) is 96.2 cm³/mol. The zero-order chi connectivity index (χ0) is 18.9. The van der Waals surface area contributed by atoms with Gasteiger partial charge in [0.1, 0.15) is 17.4 Å². The fourth-order valence-corrected chi connectivity index (χ4v) is 2.78. The Labute approximate surface area is 153 Å². The van der Waals surface area contributed by atoms with Crippen LogP contribution in [0.5, 0.6) is 5.75 Å². The second-order valence-electron chi connectivity index (χ2n) is 5.87. The van der Waals surface area contributed by atoms with Gasteiger partial charge in [-0.15, -0.1) is 0 Å². The van der Waals surface area contributed by atoms with Gasteiger partial charge in [0.25, 0.3) is 5.91 Å². The highest BCUT2D eigenvalue weighted by molar-refractivity contribution is 6.07. The number of piperidine rings is 1. The molecule has 138 valence electrons. The lowest BCUT2D eigenvalue weighted by Crippen LogP contribution is -2.34. The summed E-state index contributed by atoms with van der Waals surface area (Å²) in [5, 5.41) is 12.0. The van der Waals surface area contributed by atoms with E-state index < -0.39 is 5.91 Å². The van der Waals surface area contributed by atoms with Gasteiger partial charge in [-0.3, -0.25) is 9.59 Å². The number of nitrogens with zero attached hydrogens (tertiary/aromatic N) is 2. The van der Waals surface area contributed by atoms with Gasteiger partial charge in [0.2, 0.25) is 0 Å². The Bertz CT molecular complexity index is 716. The van der Waals surface area contributed by atoms with E-state index in [0.717, 1.165) is 0 Å². The predicted octanol–water partition coefficient (Wildman–Crippen LogP) is 2.32. The monoisotopic (exact) mass is 357 g/mol. The van der Waals surface area contributed by atoms with Crippen molar-refractivity contribution in [2.75, 3.05) is 32.1 Å². The number of carbonyl (C=O) groups excluding carboxylic acids is 2. The molecule has 1 heterocycles. The number of nitriles is 1. The number of nitrogens with one attached hydrogen (secondary N) is 1. The number of para-hydroxylation sites is 2. The summed E-state index contributed by atoms with van der Waals surface area (Å²) in [6.07, 6.45) is 2.83. The molecule has 0 saturated carbocycles. The van der Waals surface area contributed by atoms with Gasteiger partial charge in [-0.05, 0) is 31.9 Å². The van der Waals surface area contributed by atoms with Crippen molar-refractivity contribution in [3.63, 3.8) is 0 Å². The Balaban J connectivity index is 1.99. The lowest BCUT2D eigenvalue weighted by atomic mass is 9.97. The van der Waals surface area contributed by atoms with Crippen LogP contribution in [0.3, 0.4) is 0 Å². The Kier molecular flexibility index (Phi) is 7.03. The summed E-state index contributed by atoms with van der Waals surface area (Å²) in [5.74, 6) is -0.268. The summed E-state index contributed by atoms with van der Waals surface area (Å²) >= 11 is 0. The largest absolute Gasteiger partial charge is 0.495 e. The molecular formula is C19H23N3O4. The van der Waals surface area contributed by atoms with E-state index in [2.05, 4.69) is 5.32 Å². The first kappa shape index (κ1) is 19.3. The molecule has 0 unspecified atom stereocenters. The molecule has 1 amide bonds. The van der Waals surface area contributed by atoms with Crippen molar-refractivity contribution in [2.24, 2.45) is 5.92 Å². The van der Waals surface area contributed by atoms with Crippen molar-refractivity contribution in [3.05, 3.63) is 36.0 Å². The van der Waals surface area contributed by atoms with E-state index in [1.54, 1.807) is 37.4 Å². The van der Waals surface area contributed by atoms with Crippen molar-refractivity contribution < 1.29 is 19.1 Å². The molecule has 0 radical (unpaired) electrons. The van der Waals surface area contributed by atoms with Gasteiger partial charge in [0.15, 0.2) is 0 Å². The molecule has 1 aromatic rings. The number of hydrogen-bond donors (Lipinski definition) is 1. The fourth-order valence-electron chi connectivity index (χ4n) is 2.78. The molecule has 2 rings (SSSR count). The number of ether oxygens (including phenoxy) is 2. The van der Waals surface area contributed by atoms with Crippen LogP contribution >= 0.6 is 0 Å². The van der Waals surface area contributed by atoms with E-state index in [1.165, 1.54) is 7.11 Å². The van der Waals surface area contributed by atoms with Crippen LogP contribution in [0.2, 0.25) is 0 Å². The lowest BCUT2D eigenvalue weighted by molar-refractivity contribution is -0.149. The van der Waals surface area contributed by atoms with Crippen LogP contribution < -0.4 is 10.1 Å². The van der Waals surface area contributed by atoms with Crippen LogP contribution in [0.15, 0.2) is 36.0 Å². The third-order valence-corrected chi connectivity index (χ3v) is 4.18. The summed E-state index contributed by atoms with van der Waals surface area (Å²) in [6.45, 7) is 3.35. The van der Waals surface area contributed by atoms with E-state index in [1.807, 2.05) is 11.0 Å². The number of hydrogen-bond acceptors (Lipinski definition) is 6. The molecule has 26 heavy (non-hydrogen) atoms. The highest BCUT2D eigenvalue weighted by Gasteiger charge is 2.25. The number of amides is 1. The highest BCUT2D eigenvalue weighted by Crippen LogP contribution is 2.24. The maximum absolute atomic E-state index is 12.4. The van der Waals surface area contributed by atoms with Crippen LogP contribution in [0.1, 0.15) is 19.8 Å². The smallest absolute Gasteiger partial charge is 0.309 e. The Morgan fingerprint density at radius 1 is 1.35 bits per heavy atom. The van der Waals surface area contributed by atoms with Crippen molar-refractivity contribution in [1.82, 2.24) is 4.90 Å². The van der Waals surface area contributed by atoms with E-state index in [-0.39, 0.29) is 17.5 Å². The standard InChI is InChI=1S/C19H23N3O4/c1-3-26-19(24)14-8-10-22(11-9-14)13-15(12-20)18(23)21-16-6-4-5-7-17(16)25-2/h4-7,13-14H,3,8-11H2,1-2H3,(H,21,23)/b15-13-. The van der Waals surface area contributed by atoms with E-state index in [9.17, 15) is 14.9 Å². The molecule has 1 aliphatic heterocycles. The van der Waals surface area contributed by atoms with Crippen molar-refractivity contribution in [3.8, 4) is 11.8 Å². The quantitative estimate of drug-likeness (QED) is 0.477. The summed E-state index contributed by atoms with van der Waals surface area (Å²) in [4.78, 5) is 26.0. The van der Waals surface area contributed by atoms with Gasteiger partial charge in [0, 0.05) is 19.3 Å². The molecule has 0 aliphatic carbocycles. The topological polar surface area (TPSA) is 91.7 Å². The first-order valence-electron chi connectivity index (χ1n) is 8.56. The minimum atomic E-state index is -0.496. The number of anilines is 1. The second kappa shape index (κ2) is 9.47. The number of methoxy groups -OCH3 is 1. The molecule has 0 spiro atoms. The van der Waals surface area contributed by atoms with Gasteiger partial charge in [-0.1, -0.05) is 12.1 Å². The van der Waals surface area contributed by atoms with E-state index >= 15 is 0 Å². The molecule has 1 fully saturated rings. The normalized spacial score (nSPS) is 15.1. The van der Waals surface area contributed by atoms with Crippen LogP contribution in [-0.2, 0) is 14.3 Å². The zero-order valence-corrected chi connectivity index (χ0v) is 15.0. The van der Waals surface area contributed by atoms with Crippen molar-refractivity contribution in [2.45, 2.75) is 19.8 Å². The Morgan fingerprint density at radius 3 is 2.65 bits per heavy atom. The molecule has 1 aliphatic rings. The molecule has 0 bridgehead atoms. The Morgan fingerprint density at radius 2 is 2.04 bits per heavy atom. The SMILES string of the molecule is CCOC(=O)C1CCN(/C=C(/C#N)C(=O)Nc2ccccc2OC)CC1. The number of rotatable bonds is 6. The average molecular weight is 357 g/mol. The zero-order valence-electron chi connectivity index (χ0n) is 15.0. The minimum Gasteiger partial charge on any atom is -0.495 e. The van der Waals surface area contributed by atoms with Gasteiger partial charge in [-0.2, -0.15) is 5.26 Å². The van der Waals surface area contributed by atoms with Gasteiger partial charge in [-0.25, -0.2) is 0 Å². The first-order valence-corrected chi connectivity index (χ1v) is 8.56. The molecule has 0 atom stereocenters. The number of benzene rings is 1. The van der Waals surface area contributed by atoms with Crippen LogP contribution in [-0.4, -0.2) is 43.6 Å². The van der Waals surface area contributed by atoms with Gasteiger partial charge >= 0.3 is 5.97 Å². The molecule has 1 N–H and O–H groups in total. The number of likely N-dealkylation sites (tertiary alicyclic amines) is 1. The summed E-state index contributed by atoms with van der Waals surface area (Å²) in [5.41, 5.74) is 0.507. The second-order valence-corrected chi connectivity index (χ2v) is 5.87. The summed E-state index contributed by atoms with van der Waals surface area (Å²) in [7, 11) is 1.51. The fraction of sp³-hybridized carbons (Fsp3) is 0.421. The Hall–Kier alpha value is -3.01. The lowest BCUT2D eigenvalue weighted by Gasteiger charge is -2.30. The third kappa shape index (κ3) is 4.99. The van der Waals surface area contributed by atoms with Crippen LogP contribution in [0.25, 0.3) is 0 Å². The van der Waals surface area contributed by atoms with E-state index in [4.69, 9.17) is 9.47 Å². The van der Waals surface area contributed by atoms with Crippen LogP contribution in [0.4, 0.5) is 5.69 Å². The molecule has 1 aromatic carbocycles. The van der Waals surface area contributed by atoms with Crippen LogP contribution in [0, 0.1) is 17.2 Å². The molecule has 7 heteroatoms. The third-order valence-electron chi connectivity index (χ3n) is 4.18.